The summed E-state index contributed by atoms with van der Waals surface area (Å²) >= 11 is 5.23. The van der Waals surface area contributed by atoms with Crippen molar-refractivity contribution < 1.29 is 18.0 Å². The van der Waals surface area contributed by atoms with Gasteiger partial charge in [0.15, 0.2) is 4.77 Å². The Hall–Kier alpha value is -3.79. The molecule has 0 aliphatic rings. The van der Waals surface area contributed by atoms with Crippen molar-refractivity contribution in [3.8, 4) is 5.69 Å². The molecule has 0 spiro atoms. The number of aromatic amines is 1. The number of halogens is 3. The summed E-state index contributed by atoms with van der Waals surface area (Å²) in [4.78, 5) is 32.3. The SMILES string of the molecule is O=C(NCc1cccnc1)c1ccc2c(=O)n(-c3cccc(C(F)(F)F)c3)c(=S)[nH]c2c1. The Morgan fingerprint density at radius 2 is 1.94 bits per heavy atom. The molecule has 0 fully saturated rings. The number of carbonyl (C=O) groups excluding carboxylic acids is 1. The van der Waals surface area contributed by atoms with Crippen LogP contribution in [0.15, 0.2) is 71.8 Å². The Morgan fingerprint density at radius 3 is 2.66 bits per heavy atom. The van der Waals surface area contributed by atoms with E-state index in [-0.39, 0.29) is 28.3 Å². The normalized spacial score (nSPS) is 11.5. The zero-order valence-electron chi connectivity index (χ0n) is 16.3. The number of alkyl halides is 3. The van der Waals surface area contributed by atoms with Crippen LogP contribution in [0, 0.1) is 4.77 Å². The number of rotatable bonds is 4. The van der Waals surface area contributed by atoms with Crippen molar-refractivity contribution in [2.45, 2.75) is 12.7 Å². The molecule has 2 aromatic heterocycles. The van der Waals surface area contributed by atoms with Gasteiger partial charge in [0.25, 0.3) is 11.5 Å². The second-order valence-electron chi connectivity index (χ2n) is 6.92. The number of pyridine rings is 1. The predicted molar refractivity (Wildman–Crippen MR) is 115 cm³/mol. The summed E-state index contributed by atoms with van der Waals surface area (Å²) in [6, 6.07) is 12.3. The number of H-pyrrole nitrogens is 1. The minimum absolute atomic E-state index is 0.00809. The van der Waals surface area contributed by atoms with Crippen LogP contribution >= 0.6 is 12.2 Å². The summed E-state index contributed by atoms with van der Waals surface area (Å²) in [6.45, 7) is 0.276. The van der Waals surface area contributed by atoms with Gasteiger partial charge in [-0.1, -0.05) is 12.1 Å². The lowest BCUT2D eigenvalue weighted by Crippen LogP contribution is -2.24. The van der Waals surface area contributed by atoms with Crippen LogP contribution in [-0.2, 0) is 12.7 Å². The summed E-state index contributed by atoms with van der Waals surface area (Å²) in [5.41, 5.74) is -0.0702. The highest BCUT2D eigenvalue weighted by atomic mass is 32.1. The van der Waals surface area contributed by atoms with Gasteiger partial charge in [-0.3, -0.25) is 19.1 Å². The maximum atomic E-state index is 13.1. The first kappa shape index (κ1) is 21.4. The van der Waals surface area contributed by atoms with E-state index < -0.39 is 17.3 Å². The lowest BCUT2D eigenvalue weighted by Gasteiger charge is -2.12. The molecule has 162 valence electrons. The molecule has 4 aromatic rings. The molecule has 0 atom stereocenters. The minimum atomic E-state index is -4.56. The van der Waals surface area contributed by atoms with Crippen molar-refractivity contribution in [2.75, 3.05) is 0 Å². The second-order valence-corrected chi connectivity index (χ2v) is 7.31. The van der Waals surface area contributed by atoms with Crippen molar-refractivity contribution in [1.82, 2.24) is 19.9 Å². The molecule has 0 bridgehead atoms. The van der Waals surface area contributed by atoms with Crippen LogP contribution in [-0.4, -0.2) is 20.4 Å². The quantitative estimate of drug-likeness (QED) is 0.447. The Labute approximate surface area is 184 Å². The summed E-state index contributed by atoms with van der Waals surface area (Å²) < 4.78 is 40.1. The van der Waals surface area contributed by atoms with E-state index in [9.17, 15) is 22.8 Å². The van der Waals surface area contributed by atoms with Gasteiger partial charge < -0.3 is 10.3 Å². The Bertz CT molecular complexity index is 1430. The minimum Gasteiger partial charge on any atom is -0.348 e. The molecule has 2 aromatic carbocycles. The van der Waals surface area contributed by atoms with Gasteiger partial charge in [0.2, 0.25) is 0 Å². The number of amides is 1. The van der Waals surface area contributed by atoms with Crippen LogP contribution in [0.3, 0.4) is 0 Å². The van der Waals surface area contributed by atoms with Crippen LogP contribution in [0.1, 0.15) is 21.5 Å². The molecule has 4 rings (SSSR count). The third-order valence-corrected chi connectivity index (χ3v) is 5.05. The molecule has 10 heteroatoms. The number of aromatic nitrogens is 3. The van der Waals surface area contributed by atoms with E-state index in [1.165, 1.54) is 30.3 Å². The summed E-state index contributed by atoms with van der Waals surface area (Å²) in [7, 11) is 0. The fourth-order valence-electron chi connectivity index (χ4n) is 3.20. The Morgan fingerprint density at radius 1 is 1.12 bits per heavy atom. The Kier molecular flexibility index (Phi) is 5.62. The van der Waals surface area contributed by atoms with Crippen LogP contribution in [0.5, 0.6) is 0 Å². The van der Waals surface area contributed by atoms with Gasteiger partial charge in [-0.2, -0.15) is 13.2 Å². The van der Waals surface area contributed by atoms with Crippen molar-refractivity contribution in [3.63, 3.8) is 0 Å². The third-order valence-electron chi connectivity index (χ3n) is 4.77. The fourth-order valence-corrected chi connectivity index (χ4v) is 3.50. The maximum Gasteiger partial charge on any atom is 0.416 e. The van der Waals surface area contributed by atoms with Gasteiger partial charge >= 0.3 is 6.18 Å². The lowest BCUT2D eigenvalue weighted by atomic mass is 10.1. The first-order valence-corrected chi connectivity index (χ1v) is 9.79. The molecule has 2 heterocycles. The standard InChI is InChI=1S/C22H15F3N4O2S/c23-22(24,25)15-4-1-5-16(10-15)29-20(31)17-7-6-14(9-18(17)28-21(29)32)19(30)27-12-13-3-2-8-26-11-13/h1-11H,12H2,(H,27,30)(H,28,32). The van der Waals surface area contributed by atoms with Crippen LogP contribution in [0.25, 0.3) is 16.6 Å². The number of fused-ring (bicyclic) bond motifs is 1. The van der Waals surface area contributed by atoms with Crippen molar-refractivity contribution in [1.29, 1.82) is 0 Å². The largest absolute Gasteiger partial charge is 0.416 e. The van der Waals surface area contributed by atoms with Gasteiger partial charge in [-0.15, -0.1) is 0 Å². The predicted octanol–water partition coefficient (Wildman–Crippen LogP) is 4.39. The van der Waals surface area contributed by atoms with Crippen LogP contribution in [0.4, 0.5) is 13.2 Å². The number of nitrogens with one attached hydrogen (secondary N) is 2. The van der Waals surface area contributed by atoms with E-state index in [0.29, 0.717) is 11.1 Å². The topological polar surface area (TPSA) is 79.8 Å². The molecule has 0 saturated heterocycles. The smallest absolute Gasteiger partial charge is 0.348 e. The van der Waals surface area contributed by atoms with E-state index in [4.69, 9.17) is 12.2 Å². The first-order chi connectivity index (χ1) is 15.2. The number of hydrogen-bond donors (Lipinski definition) is 2. The number of hydrogen-bond acceptors (Lipinski definition) is 4. The fraction of sp³-hybridized carbons (Fsp3) is 0.0909. The molecule has 2 N–H and O–H groups in total. The van der Waals surface area contributed by atoms with E-state index >= 15 is 0 Å². The maximum absolute atomic E-state index is 13.1. The number of carbonyl (C=O) groups is 1. The monoisotopic (exact) mass is 456 g/mol. The van der Waals surface area contributed by atoms with Crippen LogP contribution in [0.2, 0.25) is 0 Å². The van der Waals surface area contributed by atoms with Crippen molar-refractivity contribution >= 4 is 29.0 Å². The van der Waals surface area contributed by atoms with Gasteiger partial charge in [-0.25, -0.2) is 0 Å². The highest BCUT2D eigenvalue weighted by Crippen LogP contribution is 2.30. The third kappa shape index (κ3) is 4.30. The first-order valence-electron chi connectivity index (χ1n) is 9.38. The summed E-state index contributed by atoms with van der Waals surface area (Å²) in [6.07, 6.45) is -1.29. The molecule has 0 aliphatic carbocycles. The summed E-state index contributed by atoms with van der Waals surface area (Å²) in [5, 5.41) is 2.94. The highest BCUT2D eigenvalue weighted by molar-refractivity contribution is 7.71. The van der Waals surface area contributed by atoms with Gasteiger partial charge in [0.05, 0.1) is 22.2 Å². The highest BCUT2D eigenvalue weighted by Gasteiger charge is 2.30. The average molecular weight is 456 g/mol. The molecule has 0 aliphatic heterocycles. The number of benzene rings is 2. The van der Waals surface area contributed by atoms with E-state index in [1.807, 2.05) is 6.07 Å². The van der Waals surface area contributed by atoms with E-state index in [1.54, 1.807) is 18.5 Å². The molecular formula is C22H15F3N4O2S. The Balaban J connectivity index is 1.69. The lowest BCUT2D eigenvalue weighted by molar-refractivity contribution is -0.137. The van der Waals surface area contributed by atoms with Gasteiger partial charge in [-0.05, 0) is 60.2 Å². The van der Waals surface area contributed by atoms with E-state index in [0.717, 1.165) is 22.3 Å². The van der Waals surface area contributed by atoms with E-state index in [2.05, 4.69) is 15.3 Å². The van der Waals surface area contributed by atoms with Gasteiger partial charge in [0, 0.05) is 24.5 Å². The molecular weight excluding hydrogens is 441 g/mol. The zero-order chi connectivity index (χ0) is 22.9. The summed E-state index contributed by atoms with van der Waals surface area (Å²) in [5.74, 6) is -0.364. The molecule has 32 heavy (non-hydrogen) atoms. The molecule has 0 saturated carbocycles. The average Bonchev–Trinajstić information content (AvgIpc) is 2.77. The molecule has 6 nitrogen and oxygen atoms in total. The molecule has 0 radical (unpaired) electrons. The second kappa shape index (κ2) is 8.39. The number of nitrogens with zero attached hydrogens (tertiary/aromatic N) is 2. The zero-order valence-corrected chi connectivity index (χ0v) is 17.1. The van der Waals surface area contributed by atoms with Gasteiger partial charge in [0.1, 0.15) is 0 Å². The van der Waals surface area contributed by atoms with Crippen molar-refractivity contribution in [3.05, 3.63) is 98.8 Å². The molecule has 1 amide bonds. The van der Waals surface area contributed by atoms with Crippen molar-refractivity contribution in [2.24, 2.45) is 0 Å². The molecule has 0 unspecified atom stereocenters. The van der Waals surface area contributed by atoms with Crippen LogP contribution < -0.4 is 10.9 Å².